The van der Waals surface area contributed by atoms with Gasteiger partial charge < -0.3 is 15.1 Å². The minimum atomic E-state index is 0.0823. The van der Waals surface area contributed by atoms with Crippen LogP contribution < -0.4 is 5.32 Å². The fraction of sp³-hybridized carbons (Fsp3) is 0.296. The molecule has 3 heterocycles. The maximum Gasteiger partial charge on any atom is 0.219 e. The molecule has 0 radical (unpaired) electrons. The van der Waals surface area contributed by atoms with Crippen LogP contribution in [0.2, 0.25) is 5.02 Å². The maximum absolute atomic E-state index is 11.9. The van der Waals surface area contributed by atoms with Crippen LogP contribution in [0.25, 0.3) is 11.3 Å². The summed E-state index contributed by atoms with van der Waals surface area (Å²) in [5, 5.41) is 4.46. The van der Waals surface area contributed by atoms with Crippen molar-refractivity contribution in [2.45, 2.75) is 19.5 Å². The standard InChI is InChI=1S/C27H29ClN4O/c1-20(33)31-15-5-14-30(16-17-31)19-25-27(22-8-11-24(28)12-9-22)29-26-13-10-23(18-32(25)26)21-6-3-2-4-7-21/h2-4,6-13,18,26,29H,5,14-17,19H2,1H3. The van der Waals surface area contributed by atoms with Gasteiger partial charge in [-0.1, -0.05) is 60.1 Å². The zero-order valence-corrected chi connectivity index (χ0v) is 19.6. The van der Waals surface area contributed by atoms with Crippen molar-refractivity contribution < 1.29 is 4.79 Å². The van der Waals surface area contributed by atoms with Gasteiger partial charge in [0.25, 0.3) is 0 Å². The van der Waals surface area contributed by atoms with Crippen LogP contribution in [0.1, 0.15) is 24.5 Å². The van der Waals surface area contributed by atoms with E-state index in [-0.39, 0.29) is 12.1 Å². The molecular weight excluding hydrogens is 432 g/mol. The van der Waals surface area contributed by atoms with E-state index in [1.807, 2.05) is 23.1 Å². The van der Waals surface area contributed by atoms with Gasteiger partial charge in [0.05, 0.1) is 11.4 Å². The van der Waals surface area contributed by atoms with Gasteiger partial charge in [0.1, 0.15) is 6.17 Å². The average molecular weight is 461 g/mol. The molecule has 33 heavy (non-hydrogen) atoms. The SMILES string of the molecule is CC(=O)N1CCCN(CC2=C(c3ccc(Cl)cc3)NC3C=CC(c4ccccc4)=CN23)CC1. The highest BCUT2D eigenvalue weighted by Gasteiger charge is 2.32. The Kier molecular flexibility index (Phi) is 6.25. The Morgan fingerprint density at radius 3 is 2.55 bits per heavy atom. The first kappa shape index (κ1) is 21.8. The summed E-state index contributed by atoms with van der Waals surface area (Å²) in [6, 6.07) is 18.5. The molecule has 1 unspecified atom stereocenters. The molecule has 170 valence electrons. The van der Waals surface area contributed by atoms with Gasteiger partial charge in [-0.15, -0.1) is 0 Å². The van der Waals surface area contributed by atoms with E-state index in [0.717, 1.165) is 55.4 Å². The van der Waals surface area contributed by atoms with Gasteiger partial charge in [-0.2, -0.15) is 0 Å². The number of carbonyl (C=O) groups excluding carboxylic acids is 1. The molecule has 1 amide bonds. The van der Waals surface area contributed by atoms with Crippen molar-refractivity contribution >= 4 is 28.8 Å². The monoisotopic (exact) mass is 460 g/mol. The second-order valence-electron chi connectivity index (χ2n) is 8.77. The number of allylic oxidation sites excluding steroid dienone is 2. The Bertz CT molecular complexity index is 1110. The van der Waals surface area contributed by atoms with E-state index in [1.54, 1.807) is 6.92 Å². The Labute approximate surface area is 200 Å². The summed E-state index contributed by atoms with van der Waals surface area (Å²) in [6.07, 6.45) is 7.75. The van der Waals surface area contributed by atoms with Crippen LogP contribution >= 0.6 is 11.6 Å². The van der Waals surface area contributed by atoms with Crippen LogP contribution in [-0.2, 0) is 4.79 Å². The van der Waals surface area contributed by atoms with E-state index >= 15 is 0 Å². The van der Waals surface area contributed by atoms with Crippen LogP contribution in [0.5, 0.6) is 0 Å². The van der Waals surface area contributed by atoms with Crippen LogP contribution in [-0.4, -0.2) is 59.5 Å². The van der Waals surface area contributed by atoms with Crippen LogP contribution in [0.3, 0.4) is 0 Å². The third-order valence-electron chi connectivity index (χ3n) is 6.58. The third kappa shape index (κ3) is 4.70. The van der Waals surface area contributed by atoms with Crippen molar-refractivity contribution in [1.82, 2.24) is 20.0 Å². The smallest absolute Gasteiger partial charge is 0.219 e. The minimum Gasteiger partial charge on any atom is -0.360 e. The molecular formula is C27H29ClN4O. The molecule has 1 saturated heterocycles. The first-order chi connectivity index (χ1) is 16.1. The van der Waals surface area contributed by atoms with E-state index in [2.05, 4.69) is 69.9 Å². The topological polar surface area (TPSA) is 38.8 Å². The summed E-state index contributed by atoms with van der Waals surface area (Å²) in [5.41, 5.74) is 5.92. The first-order valence-corrected chi connectivity index (χ1v) is 11.9. The summed E-state index contributed by atoms with van der Waals surface area (Å²) in [7, 11) is 0. The van der Waals surface area contributed by atoms with E-state index < -0.39 is 0 Å². The zero-order valence-electron chi connectivity index (χ0n) is 18.9. The van der Waals surface area contributed by atoms with Crippen molar-refractivity contribution in [1.29, 1.82) is 0 Å². The molecule has 0 saturated carbocycles. The zero-order chi connectivity index (χ0) is 22.8. The van der Waals surface area contributed by atoms with E-state index in [1.165, 1.54) is 16.8 Å². The second kappa shape index (κ2) is 9.46. The van der Waals surface area contributed by atoms with Gasteiger partial charge in [-0.3, -0.25) is 9.69 Å². The lowest BCUT2D eigenvalue weighted by molar-refractivity contribution is -0.128. The van der Waals surface area contributed by atoms with Gasteiger partial charge in [0.2, 0.25) is 5.91 Å². The number of fused-ring (bicyclic) bond motifs is 1. The van der Waals surface area contributed by atoms with Gasteiger partial charge in [-0.25, -0.2) is 0 Å². The number of halogens is 1. The molecule has 5 nitrogen and oxygen atoms in total. The second-order valence-corrected chi connectivity index (χ2v) is 9.21. The highest BCUT2D eigenvalue weighted by molar-refractivity contribution is 6.30. The van der Waals surface area contributed by atoms with Gasteiger partial charge >= 0.3 is 0 Å². The highest BCUT2D eigenvalue weighted by atomic mass is 35.5. The van der Waals surface area contributed by atoms with Crippen LogP contribution in [0.15, 0.2) is 78.6 Å². The van der Waals surface area contributed by atoms with Crippen molar-refractivity contribution in [2.75, 3.05) is 32.7 Å². The minimum absolute atomic E-state index is 0.0823. The van der Waals surface area contributed by atoms with Crippen LogP contribution in [0.4, 0.5) is 0 Å². The Hall–Kier alpha value is -3.02. The summed E-state index contributed by atoms with van der Waals surface area (Å²) < 4.78 is 0. The fourth-order valence-electron chi connectivity index (χ4n) is 4.77. The van der Waals surface area contributed by atoms with Gasteiger partial charge in [-0.05, 0) is 41.3 Å². The summed E-state index contributed by atoms with van der Waals surface area (Å²) in [4.78, 5) is 18.7. The van der Waals surface area contributed by atoms with Crippen molar-refractivity contribution in [3.63, 3.8) is 0 Å². The largest absolute Gasteiger partial charge is 0.360 e. The number of benzene rings is 2. The Morgan fingerprint density at radius 2 is 1.79 bits per heavy atom. The summed E-state index contributed by atoms with van der Waals surface area (Å²) in [6.45, 7) is 5.95. The number of amides is 1. The fourth-order valence-corrected chi connectivity index (χ4v) is 4.89. The van der Waals surface area contributed by atoms with E-state index in [4.69, 9.17) is 11.6 Å². The van der Waals surface area contributed by atoms with E-state index in [0.29, 0.717) is 0 Å². The molecule has 1 fully saturated rings. The Balaban J connectivity index is 1.47. The molecule has 0 aromatic heterocycles. The molecule has 2 aromatic rings. The number of carbonyl (C=O) groups is 1. The number of hydrogen-bond donors (Lipinski definition) is 1. The number of nitrogens with one attached hydrogen (secondary N) is 1. The molecule has 0 bridgehead atoms. The molecule has 0 spiro atoms. The highest BCUT2D eigenvalue weighted by Crippen LogP contribution is 2.34. The number of rotatable bonds is 4. The van der Waals surface area contributed by atoms with Gasteiger partial charge in [0.15, 0.2) is 0 Å². The quantitative estimate of drug-likeness (QED) is 0.733. The molecule has 6 heteroatoms. The molecule has 1 atom stereocenters. The number of hydrogen-bond acceptors (Lipinski definition) is 4. The Morgan fingerprint density at radius 1 is 1.00 bits per heavy atom. The molecule has 1 N–H and O–H groups in total. The first-order valence-electron chi connectivity index (χ1n) is 11.6. The summed E-state index contributed by atoms with van der Waals surface area (Å²) >= 11 is 6.17. The van der Waals surface area contributed by atoms with Crippen molar-refractivity contribution in [3.8, 4) is 0 Å². The molecule has 5 rings (SSSR count). The molecule has 3 aliphatic rings. The average Bonchev–Trinajstić information content (AvgIpc) is 3.01. The predicted octanol–water partition coefficient (Wildman–Crippen LogP) is 4.41. The molecule has 3 aliphatic heterocycles. The van der Waals surface area contributed by atoms with Crippen molar-refractivity contribution in [3.05, 3.63) is 94.8 Å². The lowest BCUT2D eigenvalue weighted by Crippen LogP contribution is -2.38. The van der Waals surface area contributed by atoms with Crippen molar-refractivity contribution in [2.24, 2.45) is 0 Å². The maximum atomic E-state index is 11.9. The normalized spacial score (nSPS) is 20.9. The third-order valence-corrected chi connectivity index (χ3v) is 6.83. The summed E-state index contributed by atoms with van der Waals surface area (Å²) in [5.74, 6) is 0.164. The predicted molar refractivity (Wildman–Crippen MR) is 134 cm³/mol. The molecule has 0 aliphatic carbocycles. The van der Waals surface area contributed by atoms with Crippen LogP contribution in [0, 0.1) is 0 Å². The number of nitrogens with zero attached hydrogens (tertiary/aromatic N) is 3. The lowest BCUT2D eigenvalue weighted by atomic mass is 10.0. The van der Waals surface area contributed by atoms with Gasteiger partial charge in [0, 0.05) is 50.9 Å². The lowest BCUT2D eigenvalue weighted by Gasteiger charge is -2.30. The molecule has 2 aromatic carbocycles. The van der Waals surface area contributed by atoms with E-state index in [9.17, 15) is 4.79 Å².